The van der Waals surface area contributed by atoms with Crippen molar-refractivity contribution in [1.29, 1.82) is 0 Å². The summed E-state index contributed by atoms with van der Waals surface area (Å²) < 4.78 is 35.9. The first-order valence-electron chi connectivity index (χ1n) is 10.8. The number of para-hydroxylation sites is 1. The number of sulfonamides is 1. The summed E-state index contributed by atoms with van der Waals surface area (Å²) in [6.45, 7) is 1.14. The lowest BCUT2D eigenvalue weighted by Crippen LogP contribution is -2.35. The van der Waals surface area contributed by atoms with E-state index in [4.69, 9.17) is 9.47 Å². The number of rotatable bonds is 13. The van der Waals surface area contributed by atoms with E-state index in [-0.39, 0.29) is 18.6 Å². The number of hydrogen-bond donors (Lipinski definition) is 2. The van der Waals surface area contributed by atoms with Crippen LogP contribution in [0.5, 0.6) is 5.75 Å². The van der Waals surface area contributed by atoms with E-state index in [0.29, 0.717) is 38.3 Å². The van der Waals surface area contributed by atoms with Crippen molar-refractivity contribution in [3.63, 3.8) is 0 Å². The number of benzene rings is 1. The lowest BCUT2D eigenvalue weighted by atomic mass is 9.84. The first kappa shape index (κ1) is 24.6. The molecule has 1 saturated carbocycles. The van der Waals surface area contributed by atoms with Crippen LogP contribution >= 0.6 is 0 Å². The van der Waals surface area contributed by atoms with E-state index in [1.807, 2.05) is 12.1 Å². The Kier molecular flexibility index (Phi) is 10.6. The smallest absolute Gasteiger partial charge is 0.220 e. The molecule has 1 aromatic carbocycles. The van der Waals surface area contributed by atoms with Gasteiger partial charge < -0.3 is 14.8 Å². The largest absolute Gasteiger partial charge is 0.493 e. The Morgan fingerprint density at radius 3 is 2.63 bits per heavy atom. The summed E-state index contributed by atoms with van der Waals surface area (Å²) in [7, 11) is -1.72. The lowest BCUT2D eigenvalue weighted by Gasteiger charge is -2.24. The van der Waals surface area contributed by atoms with Gasteiger partial charge in [0.15, 0.2) is 0 Å². The zero-order valence-electron chi connectivity index (χ0n) is 18.2. The molecule has 1 aliphatic carbocycles. The number of carbonyl (C=O) groups excluding carboxylic acids is 1. The molecule has 1 aromatic rings. The average Bonchev–Trinajstić information content (AvgIpc) is 2.74. The van der Waals surface area contributed by atoms with Crippen molar-refractivity contribution in [1.82, 2.24) is 10.0 Å². The maximum atomic E-state index is 12.0. The number of ether oxygens (including phenoxy) is 2. The Morgan fingerprint density at radius 1 is 1.20 bits per heavy atom. The molecule has 0 saturated heterocycles. The average molecular weight is 441 g/mol. The highest BCUT2D eigenvalue weighted by Crippen LogP contribution is 2.37. The number of nitrogens with one attached hydrogen (secondary N) is 2. The monoisotopic (exact) mass is 440 g/mol. The third kappa shape index (κ3) is 9.45. The summed E-state index contributed by atoms with van der Waals surface area (Å²) >= 11 is 0. The second-order valence-electron chi connectivity index (χ2n) is 7.94. The van der Waals surface area contributed by atoms with Gasteiger partial charge in [-0.25, -0.2) is 13.1 Å². The van der Waals surface area contributed by atoms with Gasteiger partial charge in [-0.15, -0.1) is 0 Å². The minimum absolute atomic E-state index is 0.0370. The topological polar surface area (TPSA) is 93.7 Å². The van der Waals surface area contributed by atoms with E-state index in [2.05, 4.69) is 22.2 Å². The van der Waals surface area contributed by atoms with Gasteiger partial charge in [-0.1, -0.05) is 37.5 Å². The summed E-state index contributed by atoms with van der Waals surface area (Å²) in [6, 6.07) is 8.27. The normalized spacial score (nSPS) is 16.2. The van der Waals surface area contributed by atoms with Crippen LogP contribution in [0.15, 0.2) is 24.3 Å². The van der Waals surface area contributed by atoms with Crippen LogP contribution in [0.25, 0.3) is 0 Å². The molecule has 2 N–H and O–H groups in total. The first-order chi connectivity index (χ1) is 14.4. The third-order valence-corrected chi connectivity index (χ3v) is 6.16. The van der Waals surface area contributed by atoms with Crippen molar-refractivity contribution in [2.45, 2.75) is 63.4 Å². The van der Waals surface area contributed by atoms with E-state index >= 15 is 0 Å². The van der Waals surface area contributed by atoms with E-state index in [1.165, 1.54) is 44.8 Å². The molecular formula is C22H36N2O5S. The van der Waals surface area contributed by atoms with Crippen molar-refractivity contribution >= 4 is 15.9 Å². The van der Waals surface area contributed by atoms with Crippen molar-refractivity contribution in [3.8, 4) is 5.75 Å². The fourth-order valence-corrected chi connectivity index (χ4v) is 4.27. The van der Waals surface area contributed by atoms with E-state index in [9.17, 15) is 13.2 Å². The van der Waals surface area contributed by atoms with Crippen LogP contribution in [0, 0.1) is 0 Å². The summed E-state index contributed by atoms with van der Waals surface area (Å²) in [5.74, 6) is 1.50. The van der Waals surface area contributed by atoms with E-state index in [0.717, 1.165) is 12.0 Å². The molecule has 0 heterocycles. The molecule has 0 aliphatic heterocycles. The van der Waals surface area contributed by atoms with Crippen molar-refractivity contribution in [2.75, 3.05) is 33.1 Å². The van der Waals surface area contributed by atoms with E-state index in [1.54, 1.807) is 0 Å². The molecule has 7 nitrogen and oxygen atoms in total. The van der Waals surface area contributed by atoms with Crippen molar-refractivity contribution < 1.29 is 22.7 Å². The van der Waals surface area contributed by atoms with Crippen LogP contribution in [0.4, 0.5) is 0 Å². The second-order valence-corrected chi connectivity index (χ2v) is 9.77. The van der Waals surface area contributed by atoms with Gasteiger partial charge in [0.05, 0.1) is 19.0 Å². The molecule has 1 unspecified atom stereocenters. The Balaban J connectivity index is 1.64. The SMILES string of the molecule is COC(CCNC(=O)CCCOc1ccccc1C1CCCCC1)CNS(C)(=O)=O. The van der Waals surface area contributed by atoms with Gasteiger partial charge >= 0.3 is 0 Å². The van der Waals surface area contributed by atoms with Gasteiger partial charge in [0.2, 0.25) is 15.9 Å². The number of amides is 1. The van der Waals surface area contributed by atoms with Crippen LogP contribution in [0.3, 0.4) is 0 Å². The molecule has 30 heavy (non-hydrogen) atoms. The molecule has 0 spiro atoms. The zero-order chi connectivity index (χ0) is 21.8. The zero-order valence-corrected chi connectivity index (χ0v) is 19.0. The predicted molar refractivity (Wildman–Crippen MR) is 118 cm³/mol. The van der Waals surface area contributed by atoms with E-state index < -0.39 is 10.0 Å². The number of carbonyl (C=O) groups is 1. The third-order valence-electron chi connectivity index (χ3n) is 5.46. The Labute approximate surface area is 181 Å². The highest BCUT2D eigenvalue weighted by atomic mass is 32.2. The molecule has 0 radical (unpaired) electrons. The Morgan fingerprint density at radius 2 is 1.93 bits per heavy atom. The van der Waals surface area contributed by atoms with Crippen molar-refractivity contribution in [3.05, 3.63) is 29.8 Å². The van der Waals surface area contributed by atoms with Crippen molar-refractivity contribution in [2.24, 2.45) is 0 Å². The summed E-state index contributed by atoms with van der Waals surface area (Å²) in [4.78, 5) is 12.0. The van der Waals surface area contributed by atoms with Crippen LogP contribution in [0.2, 0.25) is 0 Å². The fraction of sp³-hybridized carbons (Fsp3) is 0.682. The number of hydrogen-bond acceptors (Lipinski definition) is 5. The molecule has 170 valence electrons. The van der Waals surface area contributed by atoms with Gasteiger partial charge in [0.25, 0.3) is 0 Å². The van der Waals surface area contributed by atoms with Crippen LogP contribution in [-0.2, 0) is 19.6 Å². The minimum Gasteiger partial charge on any atom is -0.493 e. The van der Waals surface area contributed by atoms with Gasteiger partial charge in [0, 0.05) is 26.6 Å². The summed E-state index contributed by atoms with van der Waals surface area (Å²) in [5, 5.41) is 2.85. The van der Waals surface area contributed by atoms with Crippen LogP contribution < -0.4 is 14.8 Å². The van der Waals surface area contributed by atoms with Gasteiger partial charge in [-0.2, -0.15) is 0 Å². The standard InChI is InChI=1S/C22H36N2O5S/c1-28-19(17-24-30(2,26)27)14-15-23-22(25)13-8-16-29-21-12-7-6-11-20(21)18-9-4-3-5-10-18/h6-7,11-12,18-19,24H,3-5,8-10,13-17H2,1-2H3,(H,23,25). The van der Waals surface area contributed by atoms with Crippen LogP contribution in [-0.4, -0.2) is 53.5 Å². The molecule has 0 bridgehead atoms. The highest BCUT2D eigenvalue weighted by Gasteiger charge is 2.19. The molecule has 1 amide bonds. The number of methoxy groups -OCH3 is 1. The van der Waals surface area contributed by atoms with Gasteiger partial charge in [0.1, 0.15) is 5.75 Å². The second kappa shape index (κ2) is 12.9. The molecule has 2 rings (SSSR count). The molecule has 1 atom stereocenters. The van der Waals surface area contributed by atoms with Gasteiger partial charge in [-0.05, 0) is 43.2 Å². The molecular weight excluding hydrogens is 404 g/mol. The minimum atomic E-state index is -3.25. The maximum absolute atomic E-state index is 12.0. The van der Waals surface area contributed by atoms with Gasteiger partial charge in [-0.3, -0.25) is 4.79 Å². The Bertz CT molecular complexity index is 748. The molecule has 0 aromatic heterocycles. The highest BCUT2D eigenvalue weighted by molar-refractivity contribution is 7.88. The first-order valence-corrected chi connectivity index (χ1v) is 12.7. The fourth-order valence-electron chi connectivity index (χ4n) is 3.79. The maximum Gasteiger partial charge on any atom is 0.220 e. The summed E-state index contributed by atoms with van der Waals surface area (Å²) in [5.41, 5.74) is 1.30. The van der Waals surface area contributed by atoms with Crippen LogP contribution in [0.1, 0.15) is 62.8 Å². The quantitative estimate of drug-likeness (QED) is 0.460. The predicted octanol–water partition coefficient (Wildman–Crippen LogP) is 2.96. The molecule has 1 fully saturated rings. The molecule has 8 heteroatoms. The lowest BCUT2D eigenvalue weighted by molar-refractivity contribution is -0.121. The Hall–Kier alpha value is -1.64. The summed E-state index contributed by atoms with van der Waals surface area (Å²) in [6.07, 6.45) is 8.76. The molecule has 1 aliphatic rings.